The number of benzene rings is 2. The third-order valence-electron chi connectivity index (χ3n) is 2.98. The molecule has 1 aromatic heterocycles. The maximum absolute atomic E-state index is 13.8. The van der Waals surface area contributed by atoms with Gasteiger partial charge < -0.3 is 4.74 Å². The van der Waals surface area contributed by atoms with Crippen LogP contribution in [0.15, 0.2) is 34.8 Å². The molecule has 2 aromatic carbocycles. The Morgan fingerprint density at radius 2 is 1.77 bits per heavy atom. The Morgan fingerprint density at radius 1 is 1.00 bits per heavy atom. The third-order valence-corrected chi connectivity index (χ3v) is 3.60. The molecule has 0 aliphatic carbocycles. The molecule has 3 nitrogen and oxygen atoms in total. The lowest BCUT2D eigenvalue weighted by Crippen LogP contribution is -2.00. The van der Waals surface area contributed by atoms with Crippen molar-refractivity contribution >= 4 is 27.0 Å². The zero-order valence-electron chi connectivity index (χ0n) is 11.2. The summed E-state index contributed by atoms with van der Waals surface area (Å²) < 4.78 is 46.5. The van der Waals surface area contributed by atoms with Crippen molar-refractivity contribution in [2.75, 3.05) is 0 Å². The molecule has 22 heavy (non-hydrogen) atoms. The minimum absolute atomic E-state index is 0.0179. The highest BCUT2D eigenvalue weighted by atomic mass is 79.9. The van der Waals surface area contributed by atoms with E-state index in [1.807, 2.05) is 0 Å². The number of halogens is 4. The molecule has 0 aliphatic rings. The molecule has 0 saturated heterocycles. The van der Waals surface area contributed by atoms with Crippen LogP contribution >= 0.6 is 15.9 Å². The summed E-state index contributed by atoms with van der Waals surface area (Å²) in [5, 5.41) is 0. The lowest BCUT2D eigenvalue weighted by Gasteiger charge is -2.10. The fraction of sp³-hybridized carbons (Fsp3) is 0.0667. The summed E-state index contributed by atoms with van der Waals surface area (Å²) in [6, 6.07) is 6.59. The molecule has 0 bridgehead atoms. The van der Waals surface area contributed by atoms with Crippen LogP contribution in [0.2, 0.25) is 0 Å². The van der Waals surface area contributed by atoms with Crippen LogP contribution in [0.5, 0.6) is 11.6 Å². The van der Waals surface area contributed by atoms with E-state index in [0.717, 1.165) is 6.07 Å². The number of nitrogens with zero attached hydrogens (tertiary/aromatic N) is 2. The Labute approximate surface area is 131 Å². The molecule has 0 spiro atoms. The largest absolute Gasteiger partial charge is 0.433 e. The molecule has 0 N–H and O–H groups in total. The molecule has 0 aliphatic heterocycles. The molecule has 0 saturated carbocycles. The maximum Gasteiger partial charge on any atom is 0.241 e. The van der Waals surface area contributed by atoms with Crippen LogP contribution in [-0.4, -0.2) is 9.97 Å². The maximum atomic E-state index is 13.8. The molecule has 7 heteroatoms. The zero-order valence-corrected chi connectivity index (χ0v) is 12.8. The van der Waals surface area contributed by atoms with E-state index in [-0.39, 0.29) is 28.4 Å². The van der Waals surface area contributed by atoms with Crippen molar-refractivity contribution in [1.29, 1.82) is 0 Å². The number of hydrogen-bond acceptors (Lipinski definition) is 3. The fourth-order valence-corrected chi connectivity index (χ4v) is 2.33. The van der Waals surface area contributed by atoms with E-state index in [1.54, 1.807) is 6.07 Å². The van der Waals surface area contributed by atoms with Gasteiger partial charge in [-0.15, -0.1) is 0 Å². The van der Waals surface area contributed by atoms with Gasteiger partial charge >= 0.3 is 0 Å². The second-order valence-electron chi connectivity index (χ2n) is 4.50. The fourth-order valence-electron chi connectivity index (χ4n) is 1.91. The topological polar surface area (TPSA) is 35.0 Å². The number of fused-ring (bicyclic) bond motifs is 1. The summed E-state index contributed by atoms with van der Waals surface area (Å²) >= 11 is 3.18. The van der Waals surface area contributed by atoms with Crippen molar-refractivity contribution < 1.29 is 17.9 Å². The van der Waals surface area contributed by atoms with Gasteiger partial charge in [-0.1, -0.05) is 6.07 Å². The Hall–Kier alpha value is -2.15. The van der Waals surface area contributed by atoms with Crippen LogP contribution in [-0.2, 0) is 0 Å². The van der Waals surface area contributed by atoms with Crippen molar-refractivity contribution in [2.24, 2.45) is 0 Å². The lowest BCUT2D eigenvalue weighted by molar-refractivity contribution is 0.420. The van der Waals surface area contributed by atoms with E-state index in [9.17, 15) is 13.2 Å². The quantitative estimate of drug-likeness (QED) is 0.644. The zero-order chi connectivity index (χ0) is 15.9. The molecular weight excluding hydrogens is 361 g/mol. The van der Waals surface area contributed by atoms with E-state index < -0.39 is 17.5 Å². The van der Waals surface area contributed by atoms with Gasteiger partial charge in [-0.3, -0.25) is 0 Å². The number of aromatic nitrogens is 2. The molecule has 112 valence electrons. The van der Waals surface area contributed by atoms with Crippen LogP contribution in [0.25, 0.3) is 11.0 Å². The lowest BCUT2D eigenvalue weighted by atomic mass is 10.2. The van der Waals surface area contributed by atoms with Crippen molar-refractivity contribution in [1.82, 2.24) is 9.97 Å². The first-order valence-corrected chi connectivity index (χ1v) is 7.01. The van der Waals surface area contributed by atoms with Gasteiger partial charge in [-0.25, -0.2) is 23.1 Å². The van der Waals surface area contributed by atoms with Crippen molar-refractivity contribution in [2.45, 2.75) is 6.92 Å². The first-order chi connectivity index (χ1) is 10.5. The molecule has 0 atom stereocenters. The Morgan fingerprint density at radius 3 is 2.50 bits per heavy atom. The second-order valence-corrected chi connectivity index (χ2v) is 5.35. The molecule has 3 rings (SSSR count). The second kappa shape index (κ2) is 5.57. The summed E-state index contributed by atoms with van der Waals surface area (Å²) in [7, 11) is 0. The van der Waals surface area contributed by atoms with Crippen LogP contribution in [0.1, 0.15) is 5.69 Å². The Kier molecular flexibility index (Phi) is 3.74. The number of rotatable bonds is 2. The molecule has 3 aromatic rings. The van der Waals surface area contributed by atoms with E-state index >= 15 is 0 Å². The smallest absolute Gasteiger partial charge is 0.241 e. The predicted octanol–water partition coefficient (Wildman–Crippen LogP) is 4.91. The highest BCUT2D eigenvalue weighted by Crippen LogP contribution is 2.33. The van der Waals surface area contributed by atoms with E-state index in [2.05, 4.69) is 25.9 Å². The van der Waals surface area contributed by atoms with Gasteiger partial charge in [-0.2, -0.15) is 0 Å². The van der Waals surface area contributed by atoms with E-state index in [4.69, 9.17) is 4.74 Å². The normalized spacial score (nSPS) is 11.0. The summed E-state index contributed by atoms with van der Waals surface area (Å²) in [5.41, 5.74) is 0.136. The average molecular weight is 369 g/mol. The summed E-state index contributed by atoms with van der Waals surface area (Å²) in [4.78, 5) is 8.03. The third kappa shape index (κ3) is 2.52. The van der Waals surface area contributed by atoms with Gasteiger partial charge in [0.1, 0.15) is 11.2 Å². The number of hydrogen-bond donors (Lipinski definition) is 0. The van der Waals surface area contributed by atoms with Crippen LogP contribution < -0.4 is 4.74 Å². The first-order valence-electron chi connectivity index (χ1n) is 6.21. The van der Waals surface area contributed by atoms with Gasteiger partial charge in [0.25, 0.3) is 0 Å². The van der Waals surface area contributed by atoms with Gasteiger partial charge in [0.15, 0.2) is 23.2 Å². The van der Waals surface area contributed by atoms with E-state index in [0.29, 0.717) is 4.47 Å². The summed E-state index contributed by atoms with van der Waals surface area (Å²) in [6.45, 7) is 1.51. The van der Waals surface area contributed by atoms with Crippen molar-refractivity contribution in [3.63, 3.8) is 0 Å². The molecule has 0 amide bonds. The number of aryl methyl sites for hydroxylation is 1. The van der Waals surface area contributed by atoms with Gasteiger partial charge in [-0.05, 0) is 47.1 Å². The predicted molar refractivity (Wildman–Crippen MR) is 78.4 cm³/mol. The van der Waals surface area contributed by atoms with Gasteiger partial charge in [0.05, 0.1) is 9.99 Å². The van der Waals surface area contributed by atoms with Crippen molar-refractivity contribution in [3.8, 4) is 11.6 Å². The molecular formula is C15H8BrF3N2O. The molecule has 1 heterocycles. The van der Waals surface area contributed by atoms with E-state index in [1.165, 1.54) is 25.1 Å². The van der Waals surface area contributed by atoms with Crippen LogP contribution in [0.3, 0.4) is 0 Å². The SMILES string of the molecule is Cc1nc2c(F)c(F)ccc2nc1Oc1c(F)cccc1Br. The van der Waals surface area contributed by atoms with Gasteiger partial charge in [0.2, 0.25) is 5.88 Å². The minimum Gasteiger partial charge on any atom is -0.433 e. The van der Waals surface area contributed by atoms with Gasteiger partial charge in [0, 0.05) is 0 Å². The molecule has 0 unspecified atom stereocenters. The summed E-state index contributed by atoms with van der Waals surface area (Å²) in [6.07, 6.45) is 0. The highest BCUT2D eigenvalue weighted by molar-refractivity contribution is 9.10. The summed E-state index contributed by atoms with van der Waals surface area (Å²) in [5.74, 6) is -2.70. The monoisotopic (exact) mass is 368 g/mol. The number of ether oxygens (including phenoxy) is 1. The number of para-hydroxylation sites is 1. The Balaban J connectivity index is 2.12. The Bertz CT molecular complexity index is 866. The standard InChI is InChI=1S/C15H8BrF3N2O/c1-7-15(22-14-8(16)3-2-4-10(14)18)21-11-6-5-9(17)12(19)13(11)20-7/h2-6H,1H3. The minimum atomic E-state index is -1.08. The highest BCUT2D eigenvalue weighted by Gasteiger charge is 2.16. The average Bonchev–Trinajstić information content (AvgIpc) is 2.48. The van der Waals surface area contributed by atoms with Crippen molar-refractivity contribution in [3.05, 3.63) is 58.0 Å². The first kappa shape index (κ1) is 14.8. The van der Waals surface area contributed by atoms with Crippen LogP contribution in [0, 0.1) is 24.4 Å². The molecule has 0 fully saturated rings. The molecule has 0 radical (unpaired) electrons. The van der Waals surface area contributed by atoms with Crippen LogP contribution in [0.4, 0.5) is 13.2 Å².